The zero-order valence-corrected chi connectivity index (χ0v) is 11.8. The number of amides is 1. The summed E-state index contributed by atoms with van der Waals surface area (Å²) < 4.78 is 0. The molecule has 0 saturated carbocycles. The van der Waals surface area contributed by atoms with Crippen molar-refractivity contribution in [1.82, 2.24) is 10.3 Å². The first-order valence-corrected chi connectivity index (χ1v) is 6.66. The largest absolute Gasteiger partial charge is 0.384 e. The lowest BCUT2D eigenvalue weighted by Gasteiger charge is -2.09. The molecule has 3 N–H and O–H groups in total. The van der Waals surface area contributed by atoms with E-state index >= 15 is 0 Å². The minimum atomic E-state index is -0.0519. The van der Waals surface area contributed by atoms with Crippen molar-refractivity contribution in [3.05, 3.63) is 48.2 Å². The Morgan fingerprint density at radius 3 is 2.70 bits per heavy atom. The maximum absolute atomic E-state index is 12.0. The van der Waals surface area contributed by atoms with Crippen LogP contribution in [0.3, 0.4) is 0 Å². The van der Waals surface area contributed by atoms with Gasteiger partial charge in [0, 0.05) is 23.9 Å². The van der Waals surface area contributed by atoms with Gasteiger partial charge in [-0.3, -0.25) is 4.79 Å². The summed E-state index contributed by atoms with van der Waals surface area (Å²) >= 11 is 0. The average molecular weight is 269 g/mol. The van der Waals surface area contributed by atoms with Gasteiger partial charge >= 0.3 is 0 Å². The van der Waals surface area contributed by atoms with Crippen LogP contribution in [-0.2, 0) is 0 Å². The van der Waals surface area contributed by atoms with Gasteiger partial charge in [-0.1, -0.05) is 26.0 Å². The van der Waals surface area contributed by atoms with Crippen molar-refractivity contribution in [2.75, 3.05) is 12.3 Å². The van der Waals surface area contributed by atoms with Gasteiger partial charge in [0.1, 0.15) is 5.82 Å². The molecule has 104 valence electrons. The highest BCUT2D eigenvalue weighted by atomic mass is 16.1. The fourth-order valence-electron chi connectivity index (χ4n) is 1.81. The van der Waals surface area contributed by atoms with Gasteiger partial charge in [-0.25, -0.2) is 4.98 Å². The number of carbonyl (C=O) groups excluding carboxylic acids is 1. The summed E-state index contributed by atoms with van der Waals surface area (Å²) in [6.45, 7) is 4.81. The van der Waals surface area contributed by atoms with E-state index in [1.807, 2.05) is 30.3 Å². The fraction of sp³-hybridized carbons (Fsp3) is 0.250. The summed E-state index contributed by atoms with van der Waals surface area (Å²) in [5, 5.41) is 2.91. The van der Waals surface area contributed by atoms with Gasteiger partial charge in [0.25, 0.3) is 5.91 Å². The molecule has 0 radical (unpaired) electrons. The number of carbonyl (C=O) groups is 1. The molecule has 2 rings (SSSR count). The maximum atomic E-state index is 12.0. The number of nitrogens with zero attached hydrogens (tertiary/aromatic N) is 1. The zero-order chi connectivity index (χ0) is 14.5. The van der Waals surface area contributed by atoms with Gasteiger partial charge in [0.15, 0.2) is 0 Å². The molecule has 0 saturated heterocycles. The van der Waals surface area contributed by atoms with Crippen LogP contribution in [0.1, 0.15) is 24.2 Å². The number of anilines is 1. The topological polar surface area (TPSA) is 68.0 Å². The number of rotatable bonds is 4. The van der Waals surface area contributed by atoms with Crippen LogP contribution in [0, 0.1) is 5.92 Å². The van der Waals surface area contributed by atoms with E-state index in [-0.39, 0.29) is 5.91 Å². The summed E-state index contributed by atoms with van der Waals surface area (Å²) in [7, 11) is 0. The Kier molecular flexibility index (Phi) is 4.35. The second kappa shape index (κ2) is 6.19. The van der Waals surface area contributed by atoms with Crippen LogP contribution in [0.15, 0.2) is 42.6 Å². The maximum Gasteiger partial charge on any atom is 0.251 e. The van der Waals surface area contributed by atoms with Crippen LogP contribution in [0.2, 0.25) is 0 Å². The number of hydrogen-bond acceptors (Lipinski definition) is 3. The smallest absolute Gasteiger partial charge is 0.251 e. The van der Waals surface area contributed by atoms with Crippen LogP contribution in [-0.4, -0.2) is 17.4 Å². The average Bonchev–Trinajstić information content (AvgIpc) is 2.45. The fourth-order valence-corrected chi connectivity index (χ4v) is 1.81. The van der Waals surface area contributed by atoms with E-state index in [2.05, 4.69) is 24.1 Å². The number of pyridine rings is 1. The predicted octanol–water partition coefficient (Wildman–Crippen LogP) is 2.72. The van der Waals surface area contributed by atoms with Crippen molar-refractivity contribution in [2.24, 2.45) is 5.92 Å². The van der Waals surface area contributed by atoms with Crippen molar-refractivity contribution in [2.45, 2.75) is 13.8 Å². The number of aromatic nitrogens is 1. The Bertz CT molecular complexity index is 591. The number of benzene rings is 1. The lowest BCUT2D eigenvalue weighted by Crippen LogP contribution is -2.27. The Morgan fingerprint density at radius 2 is 2.05 bits per heavy atom. The van der Waals surface area contributed by atoms with E-state index in [1.165, 1.54) is 0 Å². The molecule has 2 aromatic rings. The molecule has 0 spiro atoms. The molecule has 1 amide bonds. The molecule has 4 heteroatoms. The number of nitrogens with one attached hydrogen (secondary N) is 1. The van der Waals surface area contributed by atoms with Gasteiger partial charge in [-0.05, 0) is 35.7 Å². The molecule has 20 heavy (non-hydrogen) atoms. The van der Waals surface area contributed by atoms with Crippen molar-refractivity contribution in [1.29, 1.82) is 0 Å². The van der Waals surface area contributed by atoms with Gasteiger partial charge in [-0.15, -0.1) is 0 Å². The van der Waals surface area contributed by atoms with Crippen LogP contribution < -0.4 is 11.1 Å². The van der Waals surface area contributed by atoms with Gasteiger partial charge in [-0.2, -0.15) is 0 Å². The second-order valence-corrected chi connectivity index (χ2v) is 5.16. The van der Waals surface area contributed by atoms with E-state index in [0.29, 0.717) is 23.8 Å². The first-order chi connectivity index (χ1) is 9.56. The van der Waals surface area contributed by atoms with Gasteiger partial charge in [0.05, 0.1) is 0 Å². The van der Waals surface area contributed by atoms with E-state index in [0.717, 1.165) is 11.1 Å². The molecule has 1 heterocycles. The monoisotopic (exact) mass is 269 g/mol. The van der Waals surface area contributed by atoms with Crippen molar-refractivity contribution >= 4 is 11.7 Å². The van der Waals surface area contributed by atoms with E-state index < -0.39 is 0 Å². The minimum absolute atomic E-state index is 0.0519. The molecular formula is C16H19N3O. The molecule has 0 bridgehead atoms. The van der Waals surface area contributed by atoms with E-state index in [9.17, 15) is 4.79 Å². The van der Waals surface area contributed by atoms with Gasteiger partial charge < -0.3 is 11.1 Å². The lowest BCUT2D eigenvalue weighted by molar-refractivity contribution is 0.0949. The SMILES string of the molecule is CC(C)CNC(=O)c1cccc(-c2ccc(N)nc2)c1. The molecule has 1 aromatic carbocycles. The molecule has 0 fully saturated rings. The van der Waals surface area contributed by atoms with Crippen molar-refractivity contribution in [3.63, 3.8) is 0 Å². The molecule has 4 nitrogen and oxygen atoms in total. The molecule has 0 aliphatic heterocycles. The number of nitrogens with two attached hydrogens (primary N) is 1. The third-order valence-corrected chi connectivity index (χ3v) is 2.92. The number of nitrogen functional groups attached to an aromatic ring is 1. The van der Waals surface area contributed by atoms with Crippen molar-refractivity contribution in [3.8, 4) is 11.1 Å². The van der Waals surface area contributed by atoms with Crippen LogP contribution in [0.25, 0.3) is 11.1 Å². The molecule has 0 unspecified atom stereocenters. The highest BCUT2D eigenvalue weighted by Gasteiger charge is 2.07. The summed E-state index contributed by atoms with van der Waals surface area (Å²) in [6.07, 6.45) is 1.71. The lowest BCUT2D eigenvalue weighted by atomic mass is 10.0. The third kappa shape index (κ3) is 3.57. The Balaban J connectivity index is 2.19. The normalized spacial score (nSPS) is 10.6. The first kappa shape index (κ1) is 14.1. The Hall–Kier alpha value is -2.36. The summed E-state index contributed by atoms with van der Waals surface area (Å²) in [5.74, 6) is 0.868. The summed E-state index contributed by atoms with van der Waals surface area (Å²) in [4.78, 5) is 16.1. The zero-order valence-electron chi connectivity index (χ0n) is 11.8. The van der Waals surface area contributed by atoms with Crippen LogP contribution >= 0.6 is 0 Å². The summed E-state index contributed by atoms with van der Waals surface area (Å²) in [5.41, 5.74) is 8.12. The standard InChI is InChI=1S/C16H19N3O/c1-11(2)9-19-16(20)13-5-3-4-12(8-13)14-6-7-15(17)18-10-14/h3-8,10-11H,9H2,1-2H3,(H2,17,18)(H,19,20). The quantitative estimate of drug-likeness (QED) is 0.896. The van der Waals surface area contributed by atoms with E-state index in [4.69, 9.17) is 5.73 Å². The highest BCUT2D eigenvalue weighted by molar-refractivity contribution is 5.95. The molecule has 1 aromatic heterocycles. The Labute approximate surface area is 119 Å². The highest BCUT2D eigenvalue weighted by Crippen LogP contribution is 2.20. The second-order valence-electron chi connectivity index (χ2n) is 5.16. The number of hydrogen-bond donors (Lipinski definition) is 2. The molecule has 0 atom stereocenters. The third-order valence-electron chi connectivity index (χ3n) is 2.92. The van der Waals surface area contributed by atoms with Gasteiger partial charge in [0.2, 0.25) is 0 Å². The van der Waals surface area contributed by atoms with Crippen LogP contribution in [0.5, 0.6) is 0 Å². The first-order valence-electron chi connectivity index (χ1n) is 6.66. The van der Waals surface area contributed by atoms with E-state index in [1.54, 1.807) is 12.3 Å². The van der Waals surface area contributed by atoms with Crippen molar-refractivity contribution < 1.29 is 4.79 Å². The molecule has 0 aliphatic rings. The van der Waals surface area contributed by atoms with Crippen LogP contribution in [0.4, 0.5) is 5.82 Å². The minimum Gasteiger partial charge on any atom is -0.384 e. The predicted molar refractivity (Wildman–Crippen MR) is 81.3 cm³/mol. The molecule has 0 aliphatic carbocycles. The molecular weight excluding hydrogens is 250 g/mol. The Morgan fingerprint density at radius 1 is 1.25 bits per heavy atom. The summed E-state index contributed by atoms with van der Waals surface area (Å²) in [6, 6.07) is 11.1.